The molecule has 0 fully saturated rings. The van der Waals surface area contributed by atoms with E-state index in [2.05, 4.69) is 15.4 Å². The van der Waals surface area contributed by atoms with Crippen molar-refractivity contribution >= 4 is 34.0 Å². The third-order valence-corrected chi connectivity index (χ3v) is 5.59. The average molecular weight is 472 g/mol. The summed E-state index contributed by atoms with van der Waals surface area (Å²) in [6, 6.07) is 5.19. The van der Waals surface area contributed by atoms with Gasteiger partial charge in [0.15, 0.2) is 5.78 Å². The monoisotopic (exact) mass is 472 g/mol. The number of benzene rings is 1. The maximum Gasteiger partial charge on any atom is 0.573 e. The molecule has 1 aromatic carbocycles. The summed E-state index contributed by atoms with van der Waals surface area (Å²) in [5, 5.41) is 14.8. The van der Waals surface area contributed by atoms with Crippen molar-refractivity contribution in [2.75, 3.05) is 11.9 Å². The summed E-state index contributed by atoms with van der Waals surface area (Å²) in [4.78, 5) is 37.3. The van der Waals surface area contributed by atoms with Gasteiger partial charge < -0.3 is 15.2 Å². The molecule has 1 amide bonds. The SMILES string of the molecule is CCc1cc(C(=O)c2ccc(OC(F)(F)F)cc2)c(NC(=O)CN[C@H](C(=O)O)C(C)C)s1. The summed E-state index contributed by atoms with van der Waals surface area (Å²) >= 11 is 1.20. The van der Waals surface area contributed by atoms with E-state index in [1.165, 1.54) is 23.5 Å². The number of amides is 1. The lowest BCUT2D eigenvalue weighted by atomic mass is 10.0. The van der Waals surface area contributed by atoms with Gasteiger partial charge in [-0.2, -0.15) is 0 Å². The molecule has 0 saturated carbocycles. The number of carbonyl (C=O) groups excluding carboxylic acids is 2. The first-order valence-electron chi connectivity index (χ1n) is 9.70. The number of hydrogen-bond acceptors (Lipinski definition) is 6. The molecule has 0 aliphatic carbocycles. The van der Waals surface area contributed by atoms with Crippen molar-refractivity contribution in [2.45, 2.75) is 39.6 Å². The zero-order valence-corrected chi connectivity index (χ0v) is 18.4. The Balaban J connectivity index is 2.16. The second kappa shape index (κ2) is 10.6. The highest BCUT2D eigenvalue weighted by Crippen LogP contribution is 2.31. The zero-order valence-electron chi connectivity index (χ0n) is 17.6. The van der Waals surface area contributed by atoms with E-state index in [1.807, 2.05) is 6.92 Å². The molecule has 0 bridgehead atoms. The number of rotatable bonds is 10. The minimum atomic E-state index is -4.84. The Kier molecular flexibility index (Phi) is 8.39. The number of halogens is 3. The fraction of sp³-hybridized carbons (Fsp3) is 0.381. The lowest BCUT2D eigenvalue weighted by molar-refractivity contribution is -0.274. The maximum absolute atomic E-state index is 12.9. The van der Waals surface area contributed by atoms with Crippen molar-refractivity contribution in [3.05, 3.63) is 46.3 Å². The second-order valence-electron chi connectivity index (χ2n) is 7.20. The third-order valence-electron chi connectivity index (χ3n) is 4.39. The number of nitrogens with one attached hydrogen (secondary N) is 2. The van der Waals surface area contributed by atoms with Gasteiger partial charge in [-0.25, -0.2) is 0 Å². The number of aliphatic carboxylic acids is 1. The summed E-state index contributed by atoms with van der Waals surface area (Å²) in [7, 11) is 0. The van der Waals surface area contributed by atoms with E-state index in [1.54, 1.807) is 19.9 Å². The van der Waals surface area contributed by atoms with Gasteiger partial charge in [0.05, 0.1) is 12.1 Å². The molecule has 2 rings (SSSR count). The quantitative estimate of drug-likeness (QED) is 0.450. The number of ether oxygens (including phenoxy) is 1. The molecule has 7 nitrogen and oxygen atoms in total. The molecular formula is C21H23F3N2O5S. The zero-order chi connectivity index (χ0) is 24.1. The molecule has 1 aromatic heterocycles. The Morgan fingerprint density at radius 1 is 1.16 bits per heavy atom. The van der Waals surface area contributed by atoms with Crippen LogP contribution in [0.4, 0.5) is 18.2 Å². The van der Waals surface area contributed by atoms with Gasteiger partial charge in [-0.05, 0) is 42.7 Å². The molecule has 0 radical (unpaired) electrons. The lowest BCUT2D eigenvalue weighted by Gasteiger charge is -2.17. The van der Waals surface area contributed by atoms with E-state index in [-0.39, 0.29) is 28.6 Å². The number of ketones is 1. The van der Waals surface area contributed by atoms with Gasteiger partial charge in [0.25, 0.3) is 0 Å². The van der Waals surface area contributed by atoms with E-state index in [0.29, 0.717) is 6.42 Å². The molecule has 0 aliphatic rings. The van der Waals surface area contributed by atoms with Crippen LogP contribution in [0.3, 0.4) is 0 Å². The Hall–Kier alpha value is -2.92. The number of carboxylic acid groups (broad SMARTS) is 1. The Labute approximate surface area is 186 Å². The molecule has 1 heterocycles. The van der Waals surface area contributed by atoms with Crippen LogP contribution in [0.2, 0.25) is 0 Å². The van der Waals surface area contributed by atoms with Gasteiger partial charge in [-0.3, -0.25) is 19.7 Å². The van der Waals surface area contributed by atoms with Gasteiger partial charge in [-0.1, -0.05) is 20.8 Å². The highest BCUT2D eigenvalue weighted by Gasteiger charge is 2.31. The van der Waals surface area contributed by atoms with Gasteiger partial charge in [0.1, 0.15) is 16.8 Å². The Bertz CT molecular complexity index is 971. The van der Waals surface area contributed by atoms with Crippen LogP contribution in [0.5, 0.6) is 5.75 Å². The van der Waals surface area contributed by atoms with Crippen molar-refractivity contribution in [2.24, 2.45) is 5.92 Å². The maximum atomic E-state index is 12.9. The van der Waals surface area contributed by atoms with Crippen molar-refractivity contribution in [1.29, 1.82) is 0 Å². The Morgan fingerprint density at radius 3 is 2.28 bits per heavy atom. The largest absolute Gasteiger partial charge is 0.573 e. The summed E-state index contributed by atoms with van der Waals surface area (Å²) in [5.41, 5.74) is 0.322. The van der Waals surface area contributed by atoms with Crippen LogP contribution >= 0.6 is 11.3 Å². The van der Waals surface area contributed by atoms with Gasteiger partial charge in [0, 0.05) is 10.4 Å². The van der Waals surface area contributed by atoms with Crippen molar-refractivity contribution in [1.82, 2.24) is 5.32 Å². The fourth-order valence-electron chi connectivity index (χ4n) is 2.82. The average Bonchev–Trinajstić information content (AvgIpc) is 3.09. The number of carbonyl (C=O) groups is 3. The molecule has 0 unspecified atom stereocenters. The smallest absolute Gasteiger partial charge is 0.480 e. The number of aryl methyl sites for hydroxylation is 1. The standard InChI is InChI=1S/C21H23F3N2O5S/c1-4-14-9-15(18(28)12-5-7-13(8-6-12)31-21(22,23)24)19(32-14)26-16(27)10-25-17(11(2)3)20(29)30/h5-9,11,17,25H,4,10H2,1-3H3,(H,26,27)(H,29,30)/t17-/m0/s1. The van der Waals surface area contributed by atoms with Crippen LogP contribution in [0.15, 0.2) is 30.3 Å². The molecule has 0 aliphatic heterocycles. The molecule has 0 saturated heterocycles. The predicted molar refractivity (Wildman–Crippen MR) is 113 cm³/mol. The number of hydrogen-bond donors (Lipinski definition) is 3. The van der Waals surface area contributed by atoms with E-state index >= 15 is 0 Å². The second-order valence-corrected chi connectivity index (χ2v) is 8.34. The topological polar surface area (TPSA) is 105 Å². The van der Waals surface area contributed by atoms with E-state index in [0.717, 1.165) is 17.0 Å². The van der Waals surface area contributed by atoms with Crippen LogP contribution < -0.4 is 15.4 Å². The van der Waals surface area contributed by atoms with Gasteiger partial charge >= 0.3 is 12.3 Å². The fourth-order valence-corrected chi connectivity index (χ4v) is 3.83. The van der Waals surface area contributed by atoms with Crippen LogP contribution in [0.1, 0.15) is 41.6 Å². The highest BCUT2D eigenvalue weighted by molar-refractivity contribution is 7.16. The van der Waals surface area contributed by atoms with Crippen molar-refractivity contribution in [3.63, 3.8) is 0 Å². The van der Waals surface area contributed by atoms with E-state index < -0.39 is 35.8 Å². The molecule has 32 heavy (non-hydrogen) atoms. The first kappa shape index (κ1) is 25.3. The van der Waals surface area contributed by atoms with Crippen molar-refractivity contribution < 1.29 is 37.4 Å². The third kappa shape index (κ3) is 7.06. The lowest BCUT2D eigenvalue weighted by Crippen LogP contribution is -2.44. The summed E-state index contributed by atoms with van der Waals surface area (Å²) in [5.74, 6) is -2.77. The minimum absolute atomic E-state index is 0.124. The number of thiophene rings is 1. The van der Waals surface area contributed by atoms with Gasteiger partial charge in [0.2, 0.25) is 5.91 Å². The van der Waals surface area contributed by atoms with Crippen molar-refractivity contribution in [3.8, 4) is 5.75 Å². The Morgan fingerprint density at radius 2 is 1.78 bits per heavy atom. The first-order chi connectivity index (χ1) is 14.9. The van der Waals surface area contributed by atoms with Crippen LogP contribution in [0.25, 0.3) is 0 Å². The number of anilines is 1. The molecule has 174 valence electrons. The predicted octanol–water partition coefficient (Wildman–Crippen LogP) is 4.08. The van der Waals surface area contributed by atoms with E-state index in [4.69, 9.17) is 0 Å². The summed E-state index contributed by atoms with van der Waals surface area (Å²) < 4.78 is 40.8. The number of carboxylic acids is 1. The first-order valence-corrected chi connectivity index (χ1v) is 10.5. The van der Waals surface area contributed by atoms with Gasteiger partial charge in [-0.15, -0.1) is 24.5 Å². The van der Waals surface area contributed by atoms with Crippen LogP contribution in [-0.4, -0.2) is 41.7 Å². The van der Waals surface area contributed by atoms with Crippen LogP contribution in [-0.2, 0) is 16.0 Å². The molecule has 0 spiro atoms. The molecular weight excluding hydrogens is 449 g/mol. The molecule has 1 atom stereocenters. The molecule has 11 heteroatoms. The summed E-state index contributed by atoms with van der Waals surface area (Å²) in [6.45, 7) is 5.01. The number of alkyl halides is 3. The summed E-state index contributed by atoms with van der Waals surface area (Å²) in [6.07, 6.45) is -4.23. The minimum Gasteiger partial charge on any atom is -0.480 e. The normalized spacial score (nSPS) is 12.5. The molecule has 3 N–H and O–H groups in total. The van der Waals surface area contributed by atoms with E-state index in [9.17, 15) is 32.7 Å². The van der Waals surface area contributed by atoms with Crippen LogP contribution in [0, 0.1) is 5.92 Å². The molecule has 2 aromatic rings. The highest BCUT2D eigenvalue weighted by atomic mass is 32.1.